The Morgan fingerprint density at radius 3 is 2.40 bits per heavy atom. The molecule has 2 heterocycles. The van der Waals surface area contributed by atoms with Crippen molar-refractivity contribution < 1.29 is 33.3 Å². The normalized spacial score (nSPS) is 19.0. The summed E-state index contributed by atoms with van der Waals surface area (Å²) in [6, 6.07) is 20.2. The summed E-state index contributed by atoms with van der Waals surface area (Å²) in [5.41, 5.74) is 2.46. The van der Waals surface area contributed by atoms with Crippen LogP contribution in [-0.2, 0) is 32.8 Å². The van der Waals surface area contributed by atoms with Crippen LogP contribution < -0.4 is 14.8 Å². The van der Waals surface area contributed by atoms with Crippen LogP contribution in [0.2, 0.25) is 0 Å². The molecule has 2 amide bonds. The number of nitrogens with one attached hydrogen (secondary N) is 1. The Morgan fingerprint density at radius 2 is 1.68 bits per heavy atom. The van der Waals surface area contributed by atoms with Gasteiger partial charge in [-0.25, -0.2) is 4.79 Å². The maximum atomic E-state index is 14.0. The van der Waals surface area contributed by atoms with Gasteiger partial charge >= 0.3 is 12.1 Å². The number of rotatable bonds is 8. The number of amides is 2. The van der Waals surface area contributed by atoms with Crippen molar-refractivity contribution in [2.45, 2.75) is 30.9 Å². The van der Waals surface area contributed by atoms with Crippen molar-refractivity contribution in [1.82, 2.24) is 10.2 Å². The van der Waals surface area contributed by atoms with E-state index in [4.69, 9.17) is 18.9 Å². The number of esters is 1. The van der Waals surface area contributed by atoms with Crippen LogP contribution in [0.1, 0.15) is 45.0 Å². The summed E-state index contributed by atoms with van der Waals surface area (Å²) in [7, 11) is 4.45. The zero-order valence-corrected chi connectivity index (χ0v) is 22.8. The fourth-order valence-electron chi connectivity index (χ4n) is 6.03. The van der Waals surface area contributed by atoms with E-state index in [1.54, 1.807) is 37.3 Å². The standard InChI is InChI=1S/C31H32N2O7/c1-37-25-17-21-13-16-33-28(34)23-12-8-7-11-22(23)27(29(35)39-3)31(33,24(21)18-26(25)38-2)14-15-32-30(36)40-19-20-9-5-4-6-10-20/h4-12,17-18,27H,13-16,19H2,1-3H3,(H,32,36)/t27-,31-/m0/s1. The smallest absolute Gasteiger partial charge is 0.407 e. The Hall–Kier alpha value is -4.53. The minimum absolute atomic E-state index is 0.125. The largest absolute Gasteiger partial charge is 0.493 e. The van der Waals surface area contributed by atoms with Gasteiger partial charge in [0.25, 0.3) is 5.91 Å². The molecule has 0 spiro atoms. The van der Waals surface area contributed by atoms with Gasteiger partial charge in [-0.1, -0.05) is 48.5 Å². The summed E-state index contributed by atoms with van der Waals surface area (Å²) in [6.45, 7) is 0.642. The van der Waals surface area contributed by atoms with Crippen LogP contribution in [-0.4, -0.2) is 57.3 Å². The van der Waals surface area contributed by atoms with Crippen molar-refractivity contribution in [3.8, 4) is 11.5 Å². The van der Waals surface area contributed by atoms with Crippen LogP contribution >= 0.6 is 0 Å². The summed E-state index contributed by atoms with van der Waals surface area (Å²) >= 11 is 0. The molecule has 5 rings (SSSR count). The van der Waals surface area contributed by atoms with E-state index in [1.165, 1.54) is 7.11 Å². The third-order valence-electron chi connectivity index (χ3n) is 7.81. The maximum Gasteiger partial charge on any atom is 0.407 e. The lowest BCUT2D eigenvalue weighted by atomic mass is 9.64. The highest BCUT2D eigenvalue weighted by Crippen LogP contribution is 2.54. The molecule has 0 bridgehead atoms. The first kappa shape index (κ1) is 27.1. The second-order valence-corrected chi connectivity index (χ2v) is 9.78. The van der Waals surface area contributed by atoms with Crippen LogP contribution in [0, 0.1) is 0 Å². The lowest BCUT2D eigenvalue weighted by molar-refractivity contribution is -0.147. The van der Waals surface area contributed by atoms with Crippen molar-refractivity contribution in [3.63, 3.8) is 0 Å². The Morgan fingerprint density at radius 1 is 0.975 bits per heavy atom. The molecule has 9 nitrogen and oxygen atoms in total. The van der Waals surface area contributed by atoms with E-state index < -0.39 is 23.5 Å². The molecule has 2 aliphatic rings. The van der Waals surface area contributed by atoms with E-state index in [1.807, 2.05) is 48.5 Å². The number of nitrogens with zero attached hydrogens (tertiary/aromatic N) is 1. The molecule has 1 N–H and O–H groups in total. The van der Waals surface area contributed by atoms with Crippen LogP contribution in [0.5, 0.6) is 11.5 Å². The topological polar surface area (TPSA) is 103 Å². The van der Waals surface area contributed by atoms with Crippen molar-refractivity contribution in [3.05, 3.63) is 94.5 Å². The van der Waals surface area contributed by atoms with E-state index in [9.17, 15) is 14.4 Å². The van der Waals surface area contributed by atoms with Gasteiger partial charge in [0.05, 0.1) is 26.9 Å². The molecule has 0 radical (unpaired) electrons. The molecule has 3 aromatic rings. The number of benzene rings is 3. The molecule has 0 unspecified atom stereocenters. The number of ether oxygens (including phenoxy) is 4. The van der Waals surface area contributed by atoms with E-state index in [0.29, 0.717) is 35.6 Å². The maximum absolute atomic E-state index is 14.0. The third-order valence-corrected chi connectivity index (χ3v) is 7.81. The molecule has 2 aliphatic heterocycles. The molecular formula is C31H32N2O7. The number of methoxy groups -OCH3 is 3. The molecular weight excluding hydrogens is 512 g/mol. The molecule has 9 heteroatoms. The monoisotopic (exact) mass is 544 g/mol. The first-order valence-electron chi connectivity index (χ1n) is 13.1. The van der Waals surface area contributed by atoms with E-state index >= 15 is 0 Å². The predicted molar refractivity (Wildman–Crippen MR) is 146 cm³/mol. The fourth-order valence-corrected chi connectivity index (χ4v) is 6.03. The highest BCUT2D eigenvalue weighted by atomic mass is 16.5. The van der Waals surface area contributed by atoms with Crippen molar-refractivity contribution in [1.29, 1.82) is 0 Å². The van der Waals surface area contributed by atoms with E-state index in [-0.39, 0.29) is 25.5 Å². The lowest BCUT2D eigenvalue weighted by Crippen LogP contribution is -2.62. The quantitative estimate of drug-likeness (QED) is 0.424. The molecule has 208 valence electrons. The highest BCUT2D eigenvalue weighted by molar-refractivity contribution is 6.01. The summed E-state index contributed by atoms with van der Waals surface area (Å²) in [5, 5.41) is 2.82. The SMILES string of the molecule is COC(=O)[C@@H]1c2ccccc2C(=O)N2CCc3cc(OC)c(OC)cc3[C@@]12CCNC(=O)OCc1ccccc1. The number of carbonyl (C=O) groups is 3. The third kappa shape index (κ3) is 4.61. The first-order valence-corrected chi connectivity index (χ1v) is 13.1. The second-order valence-electron chi connectivity index (χ2n) is 9.78. The van der Waals surface area contributed by atoms with Crippen molar-refractivity contribution in [2.24, 2.45) is 0 Å². The number of hydrogen-bond donors (Lipinski definition) is 1. The number of alkyl carbamates (subject to hydrolysis) is 1. The summed E-state index contributed by atoms with van der Waals surface area (Å²) in [4.78, 5) is 42.0. The van der Waals surface area contributed by atoms with Gasteiger partial charge < -0.3 is 29.2 Å². The van der Waals surface area contributed by atoms with Gasteiger partial charge in [0.15, 0.2) is 11.5 Å². The molecule has 40 heavy (non-hydrogen) atoms. The summed E-state index contributed by atoms with van der Waals surface area (Å²) in [6.07, 6.45) is 0.203. The van der Waals surface area contributed by atoms with Gasteiger partial charge in [0, 0.05) is 18.7 Å². The minimum Gasteiger partial charge on any atom is -0.493 e. The summed E-state index contributed by atoms with van der Waals surface area (Å²) < 4.78 is 21.9. The molecule has 2 atom stereocenters. The van der Waals surface area contributed by atoms with E-state index in [2.05, 4.69) is 5.32 Å². The van der Waals surface area contributed by atoms with Crippen LogP contribution in [0.25, 0.3) is 0 Å². The van der Waals surface area contributed by atoms with E-state index in [0.717, 1.165) is 16.7 Å². The van der Waals surface area contributed by atoms with Gasteiger partial charge in [0.2, 0.25) is 0 Å². The molecule has 0 aromatic heterocycles. The zero-order valence-electron chi connectivity index (χ0n) is 22.8. The Bertz CT molecular complexity index is 1420. The molecule has 0 saturated carbocycles. The van der Waals surface area contributed by atoms with Crippen molar-refractivity contribution in [2.75, 3.05) is 34.4 Å². The number of hydrogen-bond acceptors (Lipinski definition) is 7. The first-order chi connectivity index (χ1) is 19.4. The Balaban J connectivity index is 1.56. The molecule has 0 aliphatic carbocycles. The van der Waals surface area contributed by atoms with Gasteiger partial charge in [-0.05, 0) is 53.3 Å². The Kier molecular flexibility index (Phi) is 7.64. The lowest BCUT2D eigenvalue weighted by Gasteiger charge is -2.54. The average Bonchev–Trinajstić information content (AvgIpc) is 2.99. The fraction of sp³-hybridized carbons (Fsp3) is 0.323. The molecule has 0 saturated heterocycles. The molecule has 3 aromatic carbocycles. The number of fused-ring (bicyclic) bond motifs is 4. The van der Waals surface area contributed by atoms with Crippen molar-refractivity contribution >= 4 is 18.0 Å². The van der Waals surface area contributed by atoms with Gasteiger partial charge in [-0.2, -0.15) is 0 Å². The van der Waals surface area contributed by atoms with Crippen LogP contribution in [0.15, 0.2) is 66.7 Å². The van der Waals surface area contributed by atoms with Gasteiger partial charge in [-0.15, -0.1) is 0 Å². The van der Waals surface area contributed by atoms with Crippen LogP contribution in [0.3, 0.4) is 0 Å². The number of carbonyl (C=O) groups excluding carboxylic acids is 3. The van der Waals surface area contributed by atoms with Gasteiger partial charge in [-0.3, -0.25) is 9.59 Å². The second kappa shape index (κ2) is 11.3. The van der Waals surface area contributed by atoms with Crippen LogP contribution in [0.4, 0.5) is 4.79 Å². The molecule has 0 fully saturated rings. The Labute approximate surface area is 233 Å². The summed E-state index contributed by atoms with van der Waals surface area (Å²) in [5.74, 6) is -0.454. The minimum atomic E-state index is -1.15. The average molecular weight is 545 g/mol. The highest BCUT2D eigenvalue weighted by Gasteiger charge is 2.58. The predicted octanol–water partition coefficient (Wildman–Crippen LogP) is 4.18. The zero-order chi connectivity index (χ0) is 28.3. The van der Waals surface area contributed by atoms with Gasteiger partial charge in [0.1, 0.15) is 12.5 Å².